The Morgan fingerprint density at radius 1 is 1.42 bits per heavy atom. The molecule has 19 heavy (non-hydrogen) atoms. The Balaban J connectivity index is 1.65. The highest BCUT2D eigenvalue weighted by Crippen LogP contribution is 2.12. The van der Waals surface area contributed by atoms with Gasteiger partial charge >= 0.3 is 0 Å². The smallest absolute Gasteiger partial charge is 0.220 e. The van der Waals surface area contributed by atoms with Gasteiger partial charge in [0, 0.05) is 25.0 Å². The van der Waals surface area contributed by atoms with Gasteiger partial charge in [-0.1, -0.05) is 12.1 Å². The summed E-state index contributed by atoms with van der Waals surface area (Å²) in [7, 11) is 0. The largest absolute Gasteiger partial charge is 0.508 e. The second kappa shape index (κ2) is 6.57. The Hall–Kier alpha value is -1.55. The molecule has 1 aliphatic rings. The van der Waals surface area contributed by atoms with Crippen molar-refractivity contribution in [1.82, 2.24) is 10.6 Å². The number of carbonyl (C=O) groups is 1. The standard InChI is InChI=1S/C15H22N2O2/c1-11(16-10-13-6-9-15(19)17-13)2-3-12-4-7-14(18)8-5-12/h4-5,7-8,11,13,16,18H,2-3,6,9-10H2,1H3,(H,17,19). The van der Waals surface area contributed by atoms with E-state index in [0.29, 0.717) is 24.3 Å². The van der Waals surface area contributed by atoms with E-state index in [1.54, 1.807) is 12.1 Å². The van der Waals surface area contributed by atoms with Crippen LogP contribution in [0.5, 0.6) is 5.75 Å². The first-order chi connectivity index (χ1) is 9.13. The average molecular weight is 262 g/mol. The Morgan fingerprint density at radius 2 is 2.16 bits per heavy atom. The van der Waals surface area contributed by atoms with Crippen LogP contribution in [0, 0.1) is 0 Å². The van der Waals surface area contributed by atoms with Crippen LogP contribution < -0.4 is 10.6 Å². The number of aromatic hydroxyl groups is 1. The van der Waals surface area contributed by atoms with Crippen LogP contribution in [0.1, 0.15) is 31.7 Å². The fraction of sp³-hybridized carbons (Fsp3) is 0.533. The molecular weight excluding hydrogens is 240 g/mol. The van der Waals surface area contributed by atoms with E-state index in [1.165, 1.54) is 5.56 Å². The van der Waals surface area contributed by atoms with Crippen LogP contribution in [-0.4, -0.2) is 29.6 Å². The fourth-order valence-electron chi connectivity index (χ4n) is 2.32. The van der Waals surface area contributed by atoms with E-state index >= 15 is 0 Å². The summed E-state index contributed by atoms with van der Waals surface area (Å²) >= 11 is 0. The third-order valence-corrected chi connectivity index (χ3v) is 3.60. The zero-order valence-corrected chi connectivity index (χ0v) is 11.4. The lowest BCUT2D eigenvalue weighted by Crippen LogP contribution is -2.39. The van der Waals surface area contributed by atoms with Crippen molar-refractivity contribution in [3.8, 4) is 5.75 Å². The second-order valence-electron chi connectivity index (χ2n) is 5.32. The molecule has 0 spiro atoms. The van der Waals surface area contributed by atoms with Crippen molar-refractivity contribution < 1.29 is 9.90 Å². The van der Waals surface area contributed by atoms with Gasteiger partial charge in [0.15, 0.2) is 0 Å². The van der Waals surface area contributed by atoms with E-state index in [-0.39, 0.29) is 5.91 Å². The van der Waals surface area contributed by atoms with Gasteiger partial charge in [0.2, 0.25) is 5.91 Å². The zero-order valence-electron chi connectivity index (χ0n) is 11.4. The molecule has 0 saturated carbocycles. The van der Waals surface area contributed by atoms with Crippen LogP contribution >= 0.6 is 0 Å². The minimum Gasteiger partial charge on any atom is -0.508 e. The van der Waals surface area contributed by atoms with Crippen molar-refractivity contribution in [1.29, 1.82) is 0 Å². The highest BCUT2D eigenvalue weighted by molar-refractivity contribution is 5.78. The summed E-state index contributed by atoms with van der Waals surface area (Å²) in [5, 5.41) is 15.6. The first-order valence-electron chi connectivity index (χ1n) is 6.94. The molecule has 2 atom stereocenters. The molecule has 4 heteroatoms. The number of phenols is 1. The van der Waals surface area contributed by atoms with Gasteiger partial charge in [-0.25, -0.2) is 0 Å². The molecule has 0 aliphatic carbocycles. The molecule has 0 aromatic heterocycles. The van der Waals surface area contributed by atoms with Crippen molar-refractivity contribution in [3.05, 3.63) is 29.8 Å². The van der Waals surface area contributed by atoms with Crippen LogP contribution in [-0.2, 0) is 11.2 Å². The van der Waals surface area contributed by atoms with Crippen LogP contribution in [0.25, 0.3) is 0 Å². The number of nitrogens with one attached hydrogen (secondary N) is 2. The quantitative estimate of drug-likeness (QED) is 0.729. The number of phenolic OH excluding ortho intramolecular Hbond substituents is 1. The number of hydrogen-bond acceptors (Lipinski definition) is 3. The van der Waals surface area contributed by atoms with Gasteiger partial charge in [-0.3, -0.25) is 4.79 Å². The molecule has 1 heterocycles. The summed E-state index contributed by atoms with van der Waals surface area (Å²) < 4.78 is 0. The van der Waals surface area contributed by atoms with E-state index in [4.69, 9.17) is 0 Å². The van der Waals surface area contributed by atoms with Crippen molar-refractivity contribution in [2.45, 2.75) is 44.7 Å². The van der Waals surface area contributed by atoms with Gasteiger partial charge in [-0.05, 0) is 43.9 Å². The van der Waals surface area contributed by atoms with Crippen LogP contribution in [0.4, 0.5) is 0 Å². The molecule has 0 bridgehead atoms. The fourth-order valence-corrected chi connectivity index (χ4v) is 2.32. The molecule has 1 saturated heterocycles. The van der Waals surface area contributed by atoms with Crippen molar-refractivity contribution in [2.75, 3.05) is 6.54 Å². The molecule has 1 aliphatic heterocycles. The Bertz CT molecular complexity index is 417. The molecule has 1 aromatic carbocycles. The topological polar surface area (TPSA) is 61.4 Å². The number of amides is 1. The van der Waals surface area contributed by atoms with Crippen LogP contribution in [0.3, 0.4) is 0 Å². The molecule has 0 radical (unpaired) electrons. The van der Waals surface area contributed by atoms with Gasteiger partial charge in [0.25, 0.3) is 0 Å². The van der Waals surface area contributed by atoms with E-state index in [2.05, 4.69) is 17.6 Å². The van der Waals surface area contributed by atoms with E-state index in [1.807, 2.05) is 12.1 Å². The van der Waals surface area contributed by atoms with Crippen molar-refractivity contribution >= 4 is 5.91 Å². The third-order valence-electron chi connectivity index (χ3n) is 3.60. The lowest BCUT2D eigenvalue weighted by Gasteiger charge is -2.17. The van der Waals surface area contributed by atoms with Crippen molar-refractivity contribution in [3.63, 3.8) is 0 Å². The molecule has 2 unspecified atom stereocenters. The zero-order chi connectivity index (χ0) is 13.7. The normalized spacial score (nSPS) is 20.3. The van der Waals surface area contributed by atoms with Crippen LogP contribution in [0.2, 0.25) is 0 Å². The number of rotatable bonds is 6. The highest BCUT2D eigenvalue weighted by Gasteiger charge is 2.20. The molecule has 4 nitrogen and oxygen atoms in total. The average Bonchev–Trinajstić information content (AvgIpc) is 2.81. The summed E-state index contributed by atoms with van der Waals surface area (Å²) in [6.07, 6.45) is 3.64. The molecule has 2 rings (SSSR count). The highest BCUT2D eigenvalue weighted by atomic mass is 16.3. The van der Waals surface area contributed by atoms with Gasteiger partial charge in [0.1, 0.15) is 5.75 Å². The second-order valence-corrected chi connectivity index (χ2v) is 5.32. The van der Waals surface area contributed by atoms with Gasteiger partial charge < -0.3 is 15.7 Å². The van der Waals surface area contributed by atoms with Gasteiger partial charge in [0.05, 0.1) is 0 Å². The first-order valence-corrected chi connectivity index (χ1v) is 6.94. The van der Waals surface area contributed by atoms with E-state index in [0.717, 1.165) is 25.8 Å². The van der Waals surface area contributed by atoms with Gasteiger partial charge in [-0.15, -0.1) is 0 Å². The lowest BCUT2D eigenvalue weighted by molar-refractivity contribution is -0.119. The molecule has 1 fully saturated rings. The minimum atomic E-state index is 0.170. The minimum absolute atomic E-state index is 0.170. The summed E-state index contributed by atoms with van der Waals surface area (Å²) in [5.41, 5.74) is 1.24. The molecule has 3 N–H and O–H groups in total. The number of benzene rings is 1. The summed E-state index contributed by atoms with van der Waals surface area (Å²) in [4.78, 5) is 11.1. The number of hydrogen-bond donors (Lipinski definition) is 3. The van der Waals surface area contributed by atoms with E-state index in [9.17, 15) is 9.90 Å². The molecule has 1 amide bonds. The molecule has 104 valence electrons. The Kier molecular flexibility index (Phi) is 4.80. The summed E-state index contributed by atoms with van der Waals surface area (Å²) in [6.45, 7) is 3.01. The Labute approximate surface area is 114 Å². The maximum atomic E-state index is 11.1. The number of aryl methyl sites for hydroxylation is 1. The SMILES string of the molecule is CC(CCc1ccc(O)cc1)NCC1CCC(=O)N1. The predicted molar refractivity (Wildman–Crippen MR) is 75.1 cm³/mol. The lowest BCUT2D eigenvalue weighted by atomic mass is 10.1. The molecular formula is C15H22N2O2. The summed E-state index contributed by atoms with van der Waals surface area (Å²) in [5.74, 6) is 0.482. The Morgan fingerprint density at radius 3 is 2.79 bits per heavy atom. The predicted octanol–water partition coefficient (Wildman–Crippen LogP) is 1.58. The summed E-state index contributed by atoms with van der Waals surface area (Å²) in [6, 6.07) is 8.08. The van der Waals surface area contributed by atoms with Gasteiger partial charge in [-0.2, -0.15) is 0 Å². The maximum absolute atomic E-state index is 11.1. The number of carbonyl (C=O) groups excluding carboxylic acids is 1. The molecule has 1 aromatic rings. The van der Waals surface area contributed by atoms with Crippen molar-refractivity contribution in [2.24, 2.45) is 0 Å². The first kappa shape index (κ1) is 13.9. The third kappa shape index (κ3) is 4.56. The van der Waals surface area contributed by atoms with E-state index < -0.39 is 0 Å². The monoisotopic (exact) mass is 262 g/mol. The maximum Gasteiger partial charge on any atom is 0.220 e. The van der Waals surface area contributed by atoms with Crippen LogP contribution in [0.15, 0.2) is 24.3 Å².